The summed E-state index contributed by atoms with van der Waals surface area (Å²) in [7, 11) is 0. The molecule has 4 heterocycles. The normalized spacial score (nSPS) is 16.9. The molecule has 8 heteroatoms. The maximum atomic E-state index is 10.9. The van der Waals surface area contributed by atoms with Gasteiger partial charge in [-0.2, -0.15) is 9.61 Å². The second-order valence-corrected chi connectivity index (χ2v) is 9.11. The minimum atomic E-state index is -0.713. The largest absolute Gasteiger partial charge is 0.388 e. The lowest BCUT2D eigenvalue weighted by Gasteiger charge is -2.32. The van der Waals surface area contributed by atoms with E-state index in [2.05, 4.69) is 58.9 Å². The monoisotopic (exact) mass is 437 g/mol. The fourth-order valence-electron chi connectivity index (χ4n) is 4.29. The Morgan fingerprint density at radius 3 is 2.66 bits per heavy atom. The molecule has 4 N–H and O–H groups in total. The van der Waals surface area contributed by atoms with E-state index in [-0.39, 0.29) is 6.04 Å². The van der Waals surface area contributed by atoms with Crippen LogP contribution in [0.3, 0.4) is 0 Å². The summed E-state index contributed by atoms with van der Waals surface area (Å²) in [4.78, 5) is 9.03. The second kappa shape index (κ2) is 9.83. The molecule has 1 atom stereocenters. The van der Waals surface area contributed by atoms with Crippen molar-refractivity contribution in [2.45, 2.75) is 64.0 Å². The molecule has 0 bridgehead atoms. The van der Waals surface area contributed by atoms with E-state index in [0.29, 0.717) is 12.5 Å². The highest BCUT2D eigenvalue weighted by Crippen LogP contribution is 2.29. The van der Waals surface area contributed by atoms with Crippen LogP contribution in [0.4, 0.5) is 11.6 Å². The van der Waals surface area contributed by atoms with Crippen LogP contribution in [0.1, 0.15) is 69.5 Å². The number of aliphatic hydroxyl groups is 1. The van der Waals surface area contributed by atoms with E-state index < -0.39 is 5.60 Å². The molecule has 3 aromatic rings. The SMILES string of the molecule is CCCC(Nc1cc(NCC2(O)CCNCC2)nc2c(C(C)C)cnn12)c1ccncc1. The summed E-state index contributed by atoms with van der Waals surface area (Å²) in [6.07, 6.45) is 9.08. The molecular weight excluding hydrogens is 402 g/mol. The van der Waals surface area contributed by atoms with Crippen LogP contribution in [0, 0.1) is 0 Å². The first-order chi connectivity index (χ1) is 15.5. The van der Waals surface area contributed by atoms with Gasteiger partial charge < -0.3 is 21.1 Å². The molecule has 8 nitrogen and oxygen atoms in total. The molecule has 0 aromatic carbocycles. The fourth-order valence-corrected chi connectivity index (χ4v) is 4.29. The number of fused-ring (bicyclic) bond motifs is 1. The first-order valence-electron chi connectivity index (χ1n) is 11.7. The van der Waals surface area contributed by atoms with Gasteiger partial charge in [0.15, 0.2) is 5.65 Å². The smallest absolute Gasteiger partial charge is 0.163 e. The van der Waals surface area contributed by atoms with Crippen molar-refractivity contribution in [1.29, 1.82) is 0 Å². The predicted octanol–water partition coefficient (Wildman–Crippen LogP) is 3.73. The predicted molar refractivity (Wildman–Crippen MR) is 128 cm³/mol. The molecular formula is C24H35N7O. The topological polar surface area (TPSA) is 99.4 Å². The Bertz CT molecular complexity index is 1010. The van der Waals surface area contributed by atoms with Gasteiger partial charge in [-0.1, -0.05) is 27.2 Å². The lowest BCUT2D eigenvalue weighted by atomic mass is 9.92. The Kier molecular flexibility index (Phi) is 6.91. The van der Waals surface area contributed by atoms with Crippen LogP contribution in [0.25, 0.3) is 5.65 Å². The van der Waals surface area contributed by atoms with E-state index in [1.54, 1.807) is 0 Å². The molecule has 172 valence electrons. The Morgan fingerprint density at radius 2 is 1.97 bits per heavy atom. The van der Waals surface area contributed by atoms with E-state index in [1.807, 2.05) is 29.2 Å². The summed E-state index contributed by atoms with van der Waals surface area (Å²) in [5.41, 5.74) is 2.43. The van der Waals surface area contributed by atoms with Crippen LogP contribution in [0.15, 0.2) is 36.8 Å². The lowest BCUT2D eigenvalue weighted by Crippen LogP contribution is -2.46. The van der Waals surface area contributed by atoms with Crippen LogP contribution in [-0.2, 0) is 0 Å². The molecule has 4 rings (SSSR count). The highest BCUT2D eigenvalue weighted by Gasteiger charge is 2.29. The zero-order valence-corrected chi connectivity index (χ0v) is 19.3. The number of anilines is 2. The average molecular weight is 438 g/mol. The Hall–Kier alpha value is -2.71. The van der Waals surface area contributed by atoms with Crippen molar-refractivity contribution in [3.05, 3.63) is 47.9 Å². The van der Waals surface area contributed by atoms with Crippen LogP contribution < -0.4 is 16.0 Å². The lowest BCUT2D eigenvalue weighted by molar-refractivity contribution is 0.0231. The number of pyridine rings is 1. The maximum Gasteiger partial charge on any atom is 0.163 e. The van der Waals surface area contributed by atoms with E-state index in [4.69, 9.17) is 4.98 Å². The summed E-state index contributed by atoms with van der Waals surface area (Å²) in [6.45, 7) is 8.64. The highest BCUT2D eigenvalue weighted by molar-refractivity contribution is 5.61. The minimum Gasteiger partial charge on any atom is -0.388 e. The third-order valence-corrected chi connectivity index (χ3v) is 6.26. The van der Waals surface area contributed by atoms with Gasteiger partial charge in [-0.3, -0.25) is 4.98 Å². The van der Waals surface area contributed by atoms with Crippen LogP contribution >= 0.6 is 0 Å². The molecule has 1 aliphatic heterocycles. The molecule has 0 aliphatic carbocycles. The Balaban J connectivity index is 1.66. The Labute approximate surface area is 189 Å². The number of nitrogens with one attached hydrogen (secondary N) is 3. The molecule has 32 heavy (non-hydrogen) atoms. The van der Waals surface area contributed by atoms with Gasteiger partial charge in [-0.25, -0.2) is 4.98 Å². The quantitative estimate of drug-likeness (QED) is 0.405. The fraction of sp³-hybridized carbons (Fsp3) is 0.542. The molecule has 0 radical (unpaired) electrons. The van der Waals surface area contributed by atoms with Gasteiger partial charge in [-0.15, -0.1) is 0 Å². The second-order valence-electron chi connectivity index (χ2n) is 9.11. The van der Waals surface area contributed by atoms with Gasteiger partial charge in [0.05, 0.1) is 17.8 Å². The zero-order chi connectivity index (χ0) is 22.6. The standard InChI is InChI=1S/C24H35N7O/c1-4-5-20(18-6-10-25-11-7-18)29-22-14-21(27-16-24(32)8-12-26-13-9-24)30-23-19(17(2)3)15-28-31(22)23/h6-7,10-11,14-15,17,20,26,29,32H,4-5,8-9,12-13,16H2,1-3H3,(H,27,30). The summed E-state index contributed by atoms with van der Waals surface area (Å²) in [5.74, 6) is 1.94. The van der Waals surface area contributed by atoms with Crippen LogP contribution in [0.5, 0.6) is 0 Å². The summed E-state index contributed by atoms with van der Waals surface area (Å²) in [6, 6.07) is 6.25. The Morgan fingerprint density at radius 1 is 1.22 bits per heavy atom. The van der Waals surface area contributed by atoms with Crippen LogP contribution in [-0.4, -0.2) is 49.9 Å². The summed E-state index contributed by atoms with van der Waals surface area (Å²) >= 11 is 0. The highest BCUT2D eigenvalue weighted by atomic mass is 16.3. The third kappa shape index (κ3) is 5.02. The molecule has 1 saturated heterocycles. The molecule has 1 fully saturated rings. The summed E-state index contributed by atoms with van der Waals surface area (Å²) < 4.78 is 1.89. The molecule has 1 unspecified atom stereocenters. The molecule has 0 amide bonds. The maximum absolute atomic E-state index is 10.9. The van der Waals surface area contributed by atoms with Crippen molar-refractivity contribution >= 4 is 17.3 Å². The van der Waals surface area contributed by atoms with Crippen molar-refractivity contribution in [2.24, 2.45) is 0 Å². The number of hydrogen-bond donors (Lipinski definition) is 4. The van der Waals surface area contributed by atoms with E-state index in [9.17, 15) is 5.11 Å². The first kappa shape index (κ1) is 22.5. The van der Waals surface area contributed by atoms with Crippen molar-refractivity contribution < 1.29 is 5.11 Å². The van der Waals surface area contributed by atoms with E-state index >= 15 is 0 Å². The summed E-state index contributed by atoms with van der Waals surface area (Å²) in [5, 5.41) is 26.0. The van der Waals surface area contributed by atoms with Gasteiger partial charge in [-0.05, 0) is 56.0 Å². The van der Waals surface area contributed by atoms with Gasteiger partial charge in [0, 0.05) is 30.6 Å². The van der Waals surface area contributed by atoms with Gasteiger partial charge in [0.2, 0.25) is 0 Å². The first-order valence-corrected chi connectivity index (χ1v) is 11.7. The molecule has 3 aromatic heterocycles. The van der Waals surface area contributed by atoms with Gasteiger partial charge in [0.1, 0.15) is 11.6 Å². The average Bonchev–Trinajstić information content (AvgIpc) is 3.23. The van der Waals surface area contributed by atoms with E-state index in [1.165, 1.54) is 5.56 Å². The van der Waals surface area contributed by atoms with Crippen molar-refractivity contribution in [3.63, 3.8) is 0 Å². The third-order valence-electron chi connectivity index (χ3n) is 6.26. The number of aromatic nitrogens is 4. The van der Waals surface area contributed by atoms with Crippen LogP contribution in [0.2, 0.25) is 0 Å². The molecule has 1 aliphatic rings. The number of nitrogens with zero attached hydrogens (tertiary/aromatic N) is 4. The van der Waals surface area contributed by atoms with Gasteiger partial charge in [0.25, 0.3) is 0 Å². The van der Waals surface area contributed by atoms with Gasteiger partial charge >= 0.3 is 0 Å². The molecule has 0 saturated carbocycles. The molecule has 0 spiro atoms. The van der Waals surface area contributed by atoms with Crippen molar-refractivity contribution in [2.75, 3.05) is 30.3 Å². The number of rotatable bonds is 9. The van der Waals surface area contributed by atoms with E-state index in [0.717, 1.165) is 61.6 Å². The number of piperidine rings is 1. The zero-order valence-electron chi connectivity index (χ0n) is 19.3. The minimum absolute atomic E-state index is 0.141. The van der Waals surface area contributed by atoms with Crippen molar-refractivity contribution in [3.8, 4) is 0 Å². The number of hydrogen-bond acceptors (Lipinski definition) is 7. The van der Waals surface area contributed by atoms with Crippen molar-refractivity contribution in [1.82, 2.24) is 24.9 Å².